The first kappa shape index (κ1) is 20.6. The van der Waals surface area contributed by atoms with E-state index in [2.05, 4.69) is 0 Å². The molecule has 4 nitrogen and oxygen atoms in total. The van der Waals surface area contributed by atoms with E-state index in [0.717, 1.165) is 27.8 Å². The molecule has 0 amide bonds. The molecule has 0 atom stereocenters. The third kappa shape index (κ3) is 4.16. The average Bonchev–Trinajstić information content (AvgIpc) is 2.66. The quantitative estimate of drug-likeness (QED) is 0.320. The van der Waals surface area contributed by atoms with E-state index in [1.807, 2.05) is 52.0 Å². The predicted molar refractivity (Wildman–Crippen MR) is 115 cm³/mol. The highest BCUT2D eigenvalue weighted by atomic mass is 16.3. The summed E-state index contributed by atoms with van der Waals surface area (Å²) in [6.07, 6.45) is 0. The smallest absolute Gasteiger partial charge is 0.157 e. The molecule has 0 aliphatic rings. The van der Waals surface area contributed by atoms with E-state index < -0.39 is 0 Å². The molecule has 0 saturated carbocycles. The maximum absolute atomic E-state index is 10.3. The summed E-state index contributed by atoms with van der Waals surface area (Å²) in [7, 11) is 0. The van der Waals surface area contributed by atoms with Crippen molar-refractivity contribution in [2.75, 3.05) is 0 Å². The van der Waals surface area contributed by atoms with E-state index in [-0.39, 0.29) is 40.8 Å². The molecule has 0 heterocycles. The monoisotopic (exact) mass is 392 g/mol. The van der Waals surface area contributed by atoms with Crippen LogP contribution in [0.2, 0.25) is 0 Å². The molecule has 0 radical (unpaired) electrons. The van der Waals surface area contributed by atoms with Gasteiger partial charge < -0.3 is 20.4 Å². The average molecular weight is 392 g/mol. The van der Waals surface area contributed by atoms with Crippen molar-refractivity contribution in [1.29, 1.82) is 0 Å². The minimum atomic E-state index is -0.238. The summed E-state index contributed by atoms with van der Waals surface area (Å²) in [6, 6.07) is 15.9. The summed E-state index contributed by atoms with van der Waals surface area (Å²) in [5.41, 5.74) is 4.41. The number of hydrogen-bond acceptors (Lipinski definition) is 4. The third-order valence-electron chi connectivity index (χ3n) is 5.35. The van der Waals surface area contributed by atoms with Gasteiger partial charge in [-0.15, -0.1) is 0 Å². The largest absolute Gasteiger partial charge is 0.508 e. The van der Waals surface area contributed by atoms with Crippen molar-refractivity contribution in [1.82, 2.24) is 0 Å². The number of phenolic OH excluding ortho intramolecular Hbond substituents is 4. The Morgan fingerprint density at radius 2 is 0.862 bits per heavy atom. The summed E-state index contributed by atoms with van der Waals surface area (Å²) < 4.78 is 0. The normalized spacial score (nSPS) is 11.6. The zero-order chi connectivity index (χ0) is 21.3. The van der Waals surface area contributed by atoms with Crippen LogP contribution in [0.1, 0.15) is 73.3 Å². The second-order valence-corrected chi connectivity index (χ2v) is 8.13. The third-order valence-corrected chi connectivity index (χ3v) is 5.35. The van der Waals surface area contributed by atoms with Gasteiger partial charge in [-0.25, -0.2) is 0 Å². The lowest BCUT2D eigenvalue weighted by molar-refractivity contribution is 0.403. The maximum Gasteiger partial charge on any atom is 0.157 e. The van der Waals surface area contributed by atoms with Gasteiger partial charge >= 0.3 is 0 Å². The van der Waals surface area contributed by atoms with Crippen molar-refractivity contribution in [3.63, 3.8) is 0 Å². The van der Waals surface area contributed by atoms with E-state index in [1.54, 1.807) is 24.3 Å². The fourth-order valence-corrected chi connectivity index (χ4v) is 3.73. The number of hydrogen-bond donors (Lipinski definition) is 4. The van der Waals surface area contributed by atoms with Crippen molar-refractivity contribution in [3.05, 3.63) is 82.4 Å². The Hall–Kier alpha value is -3.14. The minimum absolute atomic E-state index is 0.148. The van der Waals surface area contributed by atoms with Gasteiger partial charge in [0.1, 0.15) is 11.5 Å². The molecular weight excluding hydrogens is 364 g/mol. The second-order valence-electron chi connectivity index (χ2n) is 8.13. The van der Waals surface area contributed by atoms with Crippen LogP contribution in [0, 0.1) is 0 Å². The lowest BCUT2D eigenvalue weighted by Gasteiger charge is -2.23. The van der Waals surface area contributed by atoms with Gasteiger partial charge in [-0.2, -0.15) is 0 Å². The van der Waals surface area contributed by atoms with Crippen molar-refractivity contribution in [2.24, 2.45) is 0 Å². The van der Waals surface area contributed by atoms with E-state index in [0.29, 0.717) is 0 Å². The molecule has 0 bridgehead atoms. The first-order chi connectivity index (χ1) is 13.7. The van der Waals surface area contributed by atoms with Crippen LogP contribution in [-0.4, -0.2) is 20.4 Å². The van der Waals surface area contributed by atoms with Gasteiger partial charge in [0.15, 0.2) is 11.5 Å². The molecule has 0 aliphatic carbocycles. The van der Waals surface area contributed by atoms with Gasteiger partial charge in [0.05, 0.1) is 0 Å². The fourth-order valence-electron chi connectivity index (χ4n) is 3.73. The summed E-state index contributed by atoms with van der Waals surface area (Å²) >= 11 is 0. The molecule has 4 N–H and O–H groups in total. The minimum Gasteiger partial charge on any atom is -0.508 e. The van der Waals surface area contributed by atoms with Gasteiger partial charge in [0, 0.05) is 5.92 Å². The zero-order valence-corrected chi connectivity index (χ0v) is 17.2. The summed E-state index contributed by atoms with van der Waals surface area (Å²) in [5.74, 6) is 0.213. The Balaban J connectivity index is 2.24. The van der Waals surface area contributed by atoms with Crippen LogP contribution in [0.25, 0.3) is 0 Å². The molecule has 3 aromatic rings. The SMILES string of the molecule is CC(C)c1cc(C(c2ccc(O)c(O)c2)c2ccc(O)c(C(C)C)c2)ccc1O. The van der Waals surface area contributed by atoms with Crippen molar-refractivity contribution in [3.8, 4) is 23.0 Å². The van der Waals surface area contributed by atoms with Crippen LogP contribution in [-0.2, 0) is 0 Å². The lowest BCUT2D eigenvalue weighted by Crippen LogP contribution is -2.06. The molecule has 3 rings (SSSR count). The highest BCUT2D eigenvalue weighted by Crippen LogP contribution is 2.40. The molecule has 0 saturated heterocycles. The Kier molecular flexibility index (Phi) is 5.73. The molecule has 0 unspecified atom stereocenters. The van der Waals surface area contributed by atoms with Gasteiger partial charge in [0.25, 0.3) is 0 Å². The van der Waals surface area contributed by atoms with E-state index in [1.165, 1.54) is 6.07 Å². The van der Waals surface area contributed by atoms with Gasteiger partial charge in [-0.3, -0.25) is 0 Å². The Labute approximate surface area is 171 Å². The predicted octanol–water partition coefficient (Wildman–Crippen LogP) is 5.94. The number of rotatable bonds is 5. The van der Waals surface area contributed by atoms with Crippen molar-refractivity contribution in [2.45, 2.75) is 45.4 Å². The van der Waals surface area contributed by atoms with Crippen molar-refractivity contribution >= 4 is 0 Å². The van der Waals surface area contributed by atoms with Crippen LogP contribution >= 0.6 is 0 Å². The van der Waals surface area contributed by atoms with Gasteiger partial charge in [-0.1, -0.05) is 58.0 Å². The molecule has 3 aromatic carbocycles. The van der Waals surface area contributed by atoms with E-state index >= 15 is 0 Å². The standard InChI is InChI=1S/C25H28O4/c1-14(2)19-11-16(5-8-21(19)26)25(18-7-10-23(28)24(29)13-18)17-6-9-22(27)20(12-17)15(3)4/h5-15,25-29H,1-4H3. The summed E-state index contributed by atoms with van der Waals surface area (Å²) in [6.45, 7) is 8.10. The topological polar surface area (TPSA) is 80.9 Å². The summed E-state index contributed by atoms with van der Waals surface area (Å²) in [4.78, 5) is 0. The molecular formula is C25H28O4. The van der Waals surface area contributed by atoms with Crippen LogP contribution in [0.15, 0.2) is 54.6 Å². The Bertz CT molecular complexity index is 964. The molecule has 0 aromatic heterocycles. The molecule has 29 heavy (non-hydrogen) atoms. The van der Waals surface area contributed by atoms with Crippen molar-refractivity contribution < 1.29 is 20.4 Å². The highest BCUT2D eigenvalue weighted by molar-refractivity contribution is 5.53. The summed E-state index contributed by atoms with van der Waals surface area (Å²) in [5, 5.41) is 40.4. The maximum atomic E-state index is 10.3. The number of phenols is 4. The molecule has 4 heteroatoms. The molecule has 0 fully saturated rings. The van der Waals surface area contributed by atoms with Gasteiger partial charge in [0.2, 0.25) is 0 Å². The fraction of sp³-hybridized carbons (Fsp3) is 0.280. The van der Waals surface area contributed by atoms with Crippen LogP contribution < -0.4 is 0 Å². The molecule has 0 spiro atoms. The van der Waals surface area contributed by atoms with Crippen LogP contribution in [0.5, 0.6) is 23.0 Å². The van der Waals surface area contributed by atoms with Gasteiger partial charge in [-0.05, 0) is 63.9 Å². The van der Waals surface area contributed by atoms with E-state index in [9.17, 15) is 20.4 Å². The number of aromatic hydroxyl groups is 4. The first-order valence-electron chi connectivity index (χ1n) is 9.86. The van der Waals surface area contributed by atoms with Crippen LogP contribution in [0.4, 0.5) is 0 Å². The number of benzene rings is 3. The lowest BCUT2D eigenvalue weighted by atomic mass is 9.82. The Morgan fingerprint density at radius 3 is 1.24 bits per heavy atom. The molecule has 152 valence electrons. The molecule has 0 aliphatic heterocycles. The Morgan fingerprint density at radius 1 is 0.483 bits per heavy atom. The first-order valence-corrected chi connectivity index (χ1v) is 9.86. The second kappa shape index (κ2) is 8.08. The highest BCUT2D eigenvalue weighted by Gasteiger charge is 2.22. The van der Waals surface area contributed by atoms with Crippen LogP contribution in [0.3, 0.4) is 0 Å². The van der Waals surface area contributed by atoms with E-state index in [4.69, 9.17) is 0 Å². The zero-order valence-electron chi connectivity index (χ0n) is 17.2.